The highest BCUT2D eigenvalue weighted by atomic mass is 16.5. The quantitative estimate of drug-likeness (QED) is 0.745. The molecule has 1 aliphatic rings. The number of anilines is 2. The molecule has 0 bridgehead atoms. The molecule has 1 aromatic heterocycles. The molecule has 18 heavy (non-hydrogen) atoms. The number of hydrogen-bond acceptors (Lipinski definition) is 6. The Morgan fingerprint density at radius 1 is 1.72 bits per heavy atom. The Kier molecular flexibility index (Phi) is 3.93. The van der Waals surface area contributed by atoms with Gasteiger partial charge in [-0.25, -0.2) is 4.98 Å². The molecule has 2 heterocycles. The van der Waals surface area contributed by atoms with Gasteiger partial charge in [-0.15, -0.1) is 0 Å². The predicted molar refractivity (Wildman–Crippen MR) is 67.1 cm³/mol. The third-order valence-corrected chi connectivity index (χ3v) is 2.74. The number of nitrogens with zero attached hydrogens (tertiary/aromatic N) is 3. The number of ether oxygens (including phenoxy) is 1. The first-order valence-electron chi connectivity index (χ1n) is 5.93. The highest BCUT2D eigenvalue weighted by molar-refractivity contribution is 5.85. The van der Waals surface area contributed by atoms with Gasteiger partial charge in [0.2, 0.25) is 11.9 Å². The lowest BCUT2D eigenvalue weighted by Crippen LogP contribution is -2.54. The summed E-state index contributed by atoms with van der Waals surface area (Å²) in [6.45, 7) is 4.01. The molecular weight excluding hydrogens is 234 g/mol. The van der Waals surface area contributed by atoms with E-state index in [0.717, 1.165) is 0 Å². The van der Waals surface area contributed by atoms with Crippen LogP contribution < -0.4 is 16.0 Å². The minimum Gasteiger partial charge on any atom is -0.377 e. The molecule has 0 spiro atoms. The van der Waals surface area contributed by atoms with Gasteiger partial charge in [0.05, 0.1) is 13.2 Å². The zero-order valence-corrected chi connectivity index (χ0v) is 10.3. The monoisotopic (exact) mass is 251 g/mol. The normalized spacial score (nSPS) is 19.6. The van der Waals surface area contributed by atoms with Gasteiger partial charge in [0.1, 0.15) is 11.9 Å². The summed E-state index contributed by atoms with van der Waals surface area (Å²) in [4.78, 5) is 21.9. The molecule has 7 heteroatoms. The van der Waals surface area contributed by atoms with Gasteiger partial charge in [-0.2, -0.15) is 4.98 Å². The average molecular weight is 251 g/mol. The summed E-state index contributed by atoms with van der Waals surface area (Å²) in [5.74, 6) is 0.796. The summed E-state index contributed by atoms with van der Waals surface area (Å²) in [7, 11) is 0. The molecule has 1 fully saturated rings. The Balaban J connectivity index is 2.20. The second-order valence-electron chi connectivity index (χ2n) is 3.95. The molecule has 1 unspecified atom stereocenters. The number of likely N-dealkylation sites (N-methyl/N-ethyl adjacent to an activating group) is 1. The molecule has 0 aliphatic carbocycles. The zero-order chi connectivity index (χ0) is 13.0. The SMILES string of the molecule is CCNC(=O)C1COCCN1c1ccnc(N)n1. The second-order valence-corrected chi connectivity index (χ2v) is 3.95. The molecule has 0 aromatic carbocycles. The van der Waals surface area contributed by atoms with Gasteiger partial charge in [-0.05, 0) is 13.0 Å². The van der Waals surface area contributed by atoms with E-state index >= 15 is 0 Å². The van der Waals surface area contributed by atoms with Crippen LogP contribution >= 0.6 is 0 Å². The third-order valence-electron chi connectivity index (χ3n) is 2.74. The van der Waals surface area contributed by atoms with Gasteiger partial charge >= 0.3 is 0 Å². The molecule has 7 nitrogen and oxygen atoms in total. The Hall–Kier alpha value is -1.89. The van der Waals surface area contributed by atoms with Crippen LogP contribution in [0.5, 0.6) is 0 Å². The smallest absolute Gasteiger partial charge is 0.245 e. The summed E-state index contributed by atoms with van der Waals surface area (Å²) in [6, 6.07) is 1.38. The van der Waals surface area contributed by atoms with E-state index < -0.39 is 0 Å². The number of hydrogen-bond donors (Lipinski definition) is 2. The summed E-state index contributed by atoms with van der Waals surface area (Å²) in [6.07, 6.45) is 1.59. The highest BCUT2D eigenvalue weighted by Gasteiger charge is 2.30. The largest absolute Gasteiger partial charge is 0.377 e. The predicted octanol–water partition coefficient (Wildman–Crippen LogP) is -0.600. The molecule has 1 amide bonds. The van der Waals surface area contributed by atoms with Crippen molar-refractivity contribution in [3.63, 3.8) is 0 Å². The summed E-state index contributed by atoms with van der Waals surface area (Å²) in [5.41, 5.74) is 5.56. The van der Waals surface area contributed by atoms with Crippen LogP contribution in [0.25, 0.3) is 0 Å². The molecule has 2 rings (SSSR count). The summed E-state index contributed by atoms with van der Waals surface area (Å²) < 4.78 is 5.35. The lowest BCUT2D eigenvalue weighted by atomic mass is 10.2. The zero-order valence-electron chi connectivity index (χ0n) is 10.3. The van der Waals surface area contributed by atoms with Crippen LogP contribution in [-0.4, -0.2) is 48.2 Å². The average Bonchev–Trinajstić information content (AvgIpc) is 2.39. The molecule has 0 saturated carbocycles. The fraction of sp³-hybridized carbons (Fsp3) is 0.545. The third kappa shape index (κ3) is 2.67. The van der Waals surface area contributed by atoms with Crippen LogP contribution in [0.1, 0.15) is 6.92 Å². The maximum absolute atomic E-state index is 12.0. The first-order valence-corrected chi connectivity index (χ1v) is 5.93. The van der Waals surface area contributed by atoms with Crippen molar-refractivity contribution < 1.29 is 9.53 Å². The summed E-state index contributed by atoms with van der Waals surface area (Å²) >= 11 is 0. The highest BCUT2D eigenvalue weighted by Crippen LogP contribution is 2.17. The van der Waals surface area contributed by atoms with Crippen LogP contribution in [0.3, 0.4) is 0 Å². The number of nitrogen functional groups attached to an aromatic ring is 1. The fourth-order valence-corrected chi connectivity index (χ4v) is 1.91. The first-order chi connectivity index (χ1) is 8.72. The van der Waals surface area contributed by atoms with E-state index in [1.165, 1.54) is 0 Å². The molecule has 3 N–H and O–H groups in total. The number of nitrogens with two attached hydrogens (primary N) is 1. The lowest BCUT2D eigenvalue weighted by molar-refractivity contribution is -0.124. The maximum Gasteiger partial charge on any atom is 0.245 e. The molecule has 1 aliphatic heterocycles. The van der Waals surface area contributed by atoms with Crippen LogP contribution in [0.4, 0.5) is 11.8 Å². The molecule has 0 radical (unpaired) electrons. The van der Waals surface area contributed by atoms with E-state index in [9.17, 15) is 4.79 Å². The maximum atomic E-state index is 12.0. The first kappa shape index (κ1) is 12.6. The van der Waals surface area contributed by atoms with Crippen LogP contribution in [0.2, 0.25) is 0 Å². The van der Waals surface area contributed by atoms with Crippen molar-refractivity contribution >= 4 is 17.7 Å². The van der Waals surface area contributed by atoms with Gasteiger partial charge in [0.25, 0.3) is 0 Å². The standard InChI is InChI=1S/C11H17N5O2/c1-2-13-10(17)8-7-18-6-5-16(8)9-3-4-14-11(12)15-9/h3-4,8H,2,5-7H2,1H3,(H,13,17)(H2,12,14,15). The van der Waals surface area contributed by atoms with Crippen molar-refractivity contribution in [2.45, 2.75) is 13.0 Å². The molecule has 1 saturated heterocycles. The van der Waals surface area contributed by atoms with Gasteiger partial charge in [0, 0.05) is 19.3 Å². The van der Waals surface area contributed by atoms with E-state index in [2.05, 4.69) is 15.3 Å². The van der Waals surface area contributed by atoms with Crippen LogP contribution in [0, 0.1) is 0 Å². The number of morpholine rings is 1. The van der Waals surface area contributed by atoms with Crippen molar-refractivity contribution in [3.05, 3.63) is 12.3 Å². The molecule has 1 atom stereocenters. The lowest BCUT2D eigenvalue weighted by Gasteiger charge is -2.35. The minimum absolute atomic E-state index is 0.0608. The van der Waals surface area contributed by atoms with Gasteiger partial charge in [-0.3, -0.25) is 4.79 Å². The fourth-order valence-electron chi connectivity index (χ4n) is 1.91. The van der Waals surface area contributed by atoms with Crippen LogP contribution in [-0.2, 0) is 9.53 Å². The van der Waals surface area contributed by atoms with Crippen LogP contribution in [0.15, 0.2) is 12.3 Å². The van der Waals surface area contributed by atoms with Gasteiger partial charge in [0.15, 0.2) is 0 Å². The number of aromatic nitrogens is 2. The van der Waals surface area contributed by atoms with Crippen molar-refractivity contribution in [2.75, 3.05) is 36.9 Å². The van der Waals surface area contributed by atoms with Crippen molar-refractivity contribution in [2.24, 2.45) is 0 Å². The topological polar surface area (TPSA) is 93.4 Å². The second kappa shape index (κ2) is 5.63. The van der Waals surface area contributed by atoms with Crippen molar-refractivity contribution in [1.29, 1.82) is 0 Å². The molecule has 98 valence electrons. The van der Waals surface area contributed by atoms with Crippen molar-refractivity contribution in [3.8, 4) is 0 Å². The van der Waals surface area contributed by atoms with Gasteiger partial charge < -0.3 is 20.7 Å². The van der Waals surface area contributed by atoms with E-state index in [1.54, 1.807) is 12.3 Å². The van der Waals surface area contributed by atoms with E-state index in [-0.39, 0.29) is 17.9 Å². The minimum atomic E-state index is -0.368. The number of rotatable bonds is 3. The Bertz CT molecular complexity index is 426. The van der Waals surface area contributed by atoms with E-state index in [1.807, 2.05) is 11.8 Å². The summed E-state index contributed by atoms with van der Waals surface area (Å²) in [5, 5.41) is 2.79. The van der Waals surface area contributed by atoms with E-state index in [4.69, 9.17) is 10.5 Å². The molecular formula is C11H17N5O2. The van der Waals surface area contributed by atoms with E-state index in [0.29, 0.717) is 32.1 Å². The number of carbonyl (C=O) groups is 1. The Labute approximate surface area is 105 Å². The van der Waals surface area contributed by atoms with Gasteiger partial charge in [-0.1, -0.05) is 0 Å². The molecule has 1 aromatic rings. The number of carbonyl (C=O) groups excluding carboxylic acids is 1. The number of amides is 1. The Morgan fingerprint density at radius 2 is 2.56 bits per heavy atom. The van der Waals surface area contributed by atoms with Crippen molar-refractivity contribution in [1.82, 2.24) is 15.3 Å². The Morgan fingerprint density at radius 3 is 3.28 bits per heavy atom. The number of nitrogens with one attached hydrogen (secondary N) is 1.